The van der Waals surface area contributed by atoms with Crippen molar-refractivity contribution in [3.8, 4) is 22.3 Å². The van der Waals surface area contributed by atoms with Crippen LogP contribution in [0.5, 0.6) is 0 Å². The van der Waals surface area contributed by atoms with Crippen LogP contribution in [0.25, 0.3) is 22.3 Å². The quantitative estimate of drug-likeness (QED) is 0.272. The van der Waals surface area contributed by atoms with Crippen LogP contribution in [0.15, 0.2) is 60.7 Å². The van der Waals surface area contributed by atoms with Crippen molar-refractivity contribution in [3.63, 3.8) is 0 Å². The maximum absolute atomic E-state index is 3.47. The number of hydrogen-bond donors (Lipinski definition) is 0. The van der Waals surface area contributed by atoms with Crippen LogP contribution in [-0.4, -0.2) is 0 Å². The molecule has 0 aliphatic heterocycles. The van der Waals surface area contributed by atoms with Crippen molar-refractivity contribution in [2.75, 3.05) is 0 Å². The third-order valence-corrected chi connectivity index (χ3v) is 13.7. The van der Waals surface area contributed by atoms with Gasteiger partial charge in [0, 0.05) is 10.3 Å². The second-order valence-electron chi connectivity index (χ2n) is 16.1. The van der Waals surface area contributed by atoms with Crippen LogP contribution in [0, 0.1) is 35.5 Å². The molecule has 0 aliphatic carbocycles. The first kappa shape index (κ1) is 33.0. The van der Waals surface area contributed by atoms with Crippen molar-refractivity contribution in [2.45, 2.75) is 107 Å². The Labute approximate surface area is 252 Å². The van der Waals surface area contributed by atoms with Crippen molar-refractivity contribution < 1.29 is 0 Å². The Morgan fingerprint density at radius 1 is 0.400 bits per heavy atom. The molecule has 2 heteroatoms. The Bertz CT molecular complexity index is 1200. The first-order valence-electron chi connectivity index (χ1n) is 14.9. The summed E-state index contributed by atoms with van der Waals surface area (Å²) in [5, 5.41) is -0.498. The van der Waals surface area contributed by atoms with Crippen molar-refractivity contribution in [1.29, 1.82) is 0 Å². The van der Waals surface area contributed by atoms with Gasteiger partial charge in [0.15, 0.2) is 0 Å². The number of rotatable bonds is 4. The summed E-state index contributed by atoms with van der Waals surface area (Å²) in [5.74, 6) is 0. The minimum atomic E-state index is -0.249. The van der Waals surface area contributed by atoms with Gasteiger partial charge in [-0.25, -0.2) is 0 Å². The molecule has 0 N–H and O–H groups in total. The van der Waals surface area contributed by atoms with E-state index >= 15 is 0 Å². The average molecular weight is 575 g/mol. The lowest BCUT2D eigenvalue weighted by atomic mass is 9.54. The zero-order valence-corrected chi connectivity index (χ0v) is 30.2. The van der Waals surface area contributed by atoms with E-state index in [1.807, 2.05) is 0 Å². The van der Waals surface area contributed by atoms with Gasteiger partial charge >= 0.3 is 0 Å². The summed E-state index contributed by atoms with van der Waals surface area (Å²) in [6.07, 6.45) is 0. The Hall–Kier alpha value is -1.48. The molecule has 40 heavy (non-hydrogen) atoms. The number of benzene rings is 3. The molecule has 0 heterocycles. The summed E-state index contributed by atoms with van der Waals surface area (Å²) in [6, 6.07) is 22.3. The lowest BCUT2D eigenvalue weighted by molar-refractivity contribution is 0.118. The molecule has 2 unspecified atom stereocenters. The smallest absolute Gasteiger partial charge is 0.0203 e. The van der Waals surface area contributed by atoms with E-state index in [1.54, 1.807) is 0 Å². The SMILES string of the molecule is Cc1c(C)c(-c2ccccc2)c(C(P)(C(C)(C)C)C(C)(C)C)c(C(P)(C(C)(C)C)C(C)(C)C)c1-c1ccccc1. The van der Waals surface area contributed by atoms with Gasteiger partial charge in [-0.1, -0.05) is 144 Å². The van der Waals surface area contributed by atoms with Crippen LogP contribution in [-0.2, 0) is 10.3 Å². The third kappa shape index (κ3) is 5.16. The average Bonchev–Trinajstić information content (AvgIpc) is 2.82. The topological polar surface area (TPSA) is 0 Å². The summed E-state index contributed by atoms with van der Waals surface area (Å²) in [7, 11) is 6.94. The molecule has 0 aromatic heterocycles. The van der Waals surface area contributed by atoms with Crippen LogP contribution in [0.4, 0.5) is 0 Å². The molecular weight excluding hydrogens is 518 g/mol. The third-order valence-electron chi connectivity index (χ3n) is 9.71. The van der Waals surface area contributed by atoms with Gasteiger partial charge in [-0.3, -0.25) is 0 Å². The van der Waals surface area contributed by atoms with Crippen LogP contribution >= 0.6 is 18.5 Å². The fourth-order valence-corrected chi connectivity index (χ4v) is 8.05. The highest BCUT2D eigenvalue weighted by Crippen LogP contribution is 2.68. The highest BCUT2D eigenvalue weighted by molar-refractivity contribution is 7.19. The first-order valence-corrected chi connectivity index (χ1v) is 16.1. The van der Waals surface area contributed by atoms with E-state index in [4.69, 9.17) is 0 Å². The predicted molar refractivity (Wildman–Crippen MR) is 187 cm³/mol. The monoisotopic (exact) mass is 574 g/mol. The molecule has 218 valence electrons. The van der Waals surface area contributed by atoms with E-state index < -0.39 is 0 Å². The fourth-order valence-electron chi connectivity index (χ4n) is 7.47. The normalized spacial score (nSPS) is 14.0. The molecule has 0 radical (unpaired) electrons. The fraction of sp³-hybridized carbons (Fsp3) is 0.526. The molecule has 0 saturated carbocycles. The molecule has 3 aromatic carbocycles. The van der Waals surface area contributed by atoms with E-state index in [9.17, 15) is 0 Å². The molecular formula is C38H56P2. The Morgan fingerprint density at radius 2 is 0.625 bits per heavy atom. The summed E-state index contributed by atoms with van der Waals surface area (Å²) in [4.78, 5) is 0. The molecule has 0 aliphatic rings. The second-order valence-corrected chi connectivity index (χ2v) is 17.8. The van der Waals surface area contributed by atoms with Crippen LogP contribution in [0.1, 0.15) is 105 Å². The molecule has 0 amide bonds. The molecule has 3 aromatic rings. The maximum Gasteiger partial charge on any atom is 0.0203 e. The van der Waals surface area contributed by atoms with Crippen molar-refractivity contribution in [3.05, 3.63) is 82.9 Å². The summed E-state index contributed by atoms with van der Waals surface area (Å²) < 4.78 is 0. The van der Waals surface area contributed by atoms with Gasteiger partial charge in [-0.15, -0.1) is 18.5 Å². The van der Waals surface area contributed by atoms with Gasteiger partial charge in [0.1, 0.15) is 0 Å². The largest absolute Gasteiger partial charge is 0.125 e. The van der Waals surface area contributed by atoms with Crippen molar-refractivity contribution >= 4 is 18.5 Å². The van der Waals surface area contributed by atoms with E-state index in [1.165, 1.54) is 44.5 Å². The van der Waals surface area contributed by atoms with E-state index in [2.05, 4.69) is 176 Å². The lowest BCUT2D eigenvalue weighted by Crippen LogP contribution is -2.51. The summed E-state index contributed by atoms with van der Waals surface area (Å²) in [5.41, 5.74) is 10.9. The molecule has 0 fully saturated rings. The molecule has 3 rings (SSSR count). The zero-order chi connectivity index (χ0) is 30.7. The van der Waals surface area contributed by atoms with Crippen molar-refractivity contribution in [2.24, 2.45) is 21.7 Å². The molecule has 0 spiro atoms. The second kappa shape index (κ2) is 10.7. The first-order chi connectivity index (χ1) is 18.0. The highest BCUT2D eigenvalue weighted by atomic mass is 31.0. The molecule has 2 atom stereocenters. The minimum Gasteiger partial charge on any atom is -0.125 e. The van der Waals surface area contributed by atoms with Crippen LogP contribution in [0.2, 0.25) is 0 Å². The van der Waals surface area contributed by atoms with Gasteiger partial charge < -0.3 is 0 Å². The van der Waals surface area contributed by atoms with Crippen molar-refractivity contribution in [1.82, 2.24) is 0 Å². The van der Waals surface area contributed by atoms with E-state index in [0.29, 0.717) is 0 Å². The molecule has 0 saturated heterocycles. The zero-order valence-electron chi connectivity index (χ0n) is 27.9. The Balaban J connectivity index is 2.93. The molecule has 0 bridgehead atoms. The van der Waals surface area contributed by atoms with Gasteiger partial charge in [-0.2, -0.15) is 0 Å². The maximum atomic E-state index is 3.47. The lowest BCUT2D eigenvalue weighted by Gasteiger charge is -2.59. The van der Waals surface area contributed by atoms with Crippen LogP contribution < -0.4 is 0 Å². The van der Waals surface area contributed by atoms with E-state index in [-0.39, 0.29) is 32.0 Å². The Kier molecular flexibility index (Phi) is 8.80. The minimum absolute atomic E-state index is 0.0504. The number of hydrogen-bond acceptors (Lipinski definition) is 0. The van der Waals surface area contributed by atoms with Crippen LogP contribution in [0.3, 0.4) is 0 Å². The summed E-state index contributed by atoms with van der Waals surface area (Å²) >= 11 is 0. The van der Waals surface area contributed by atoms with Gasteiger partial charge in [0.25, 0.3) is 0 Å². The molecule has 0 nitrogen and oxygen atoms in total. The van der Waals surface area contributed by atoms with Gasteiger partial charge in [0.05, 0.1) is 0 Å². The van der Waals surface area contributed by atoms with Gasteiger partial charge in [-0.05, 0) is 80.0 Å². The summed E-state index contributed by atoms with van der Waals surface area (Å²) in [6.45, 7) is 33.9. The highest BCUT2D eigenvalue weighted by Gasteiger charge is 2.57. The standard InChI is InChI=1S/C38H56P2/c1-25-26(2)30(28-23-19-16-20-24-28)32(38(40,35(9,10)11)36(12,13)14)31(29(25)27-21-17-15-18-22-27)37(39,33(3,4)5)34(6,7)8/h15-24H,39-40H2,1-14H3. The predicted octanol–water partition coefficient (Wildman–Crippen LogP) is 12.0. The Morgan fingerprint density at radius 3 is 0.825 bits per heavy atom. The van der Waals surface area contributed by atoms with Gasteiger partial charge in [0.2, 0.25) is 0 Å². The van der Waals surface area contributed by atoms with E-state index in [0.717, 1.165) is 0 Å².